The molecule has 2 rings (SSSR count). The summed E-state index contributed by atoms with van der Waals surface area (Å²) in [5.41, 5.74) is -0.608. The number of nitrogens with one attached hydrogen (secondary N) is 1. The van der Waals surface area contributed by atoms with Crippen molar-refractivity contribution in [1.29, 1.82) is 0 Å². The second kappa shape index (κ2) is 7.15. The minimum Gasteiger partial charge on any atom is -0.444 e. The number of nitrogens with zero attached hydrogens (tertiary/aromatic N) is 2. The van der Waals surface area contributed by atoms with Gasteiger partial charge in [-0.15, -0.1) is 0 Å². The second-order valence-corrected chi connectivity index (χ2v) is 7.01. The van der Waals surface area contributed by atoms with Crippen molar-refractivity contribution >= 4 is 17.7 Å². The Balaban J connectivity index is 1.99. The van der Waals surface area contributed by atoms with Crippen LogP contribution in [-0.4, -0.2) is 46.0 Å². The molecule has 1 aliphatic rings. The highest BCUT2D eigenvalue weighted by Crippen LogP contribution is 2.27. The molecule has 1 amide bonds. The molecule has 0 aliphatic carbocycles. The Morgan fingerprint density at radius 2 is 2.08 bits per heavy atom. The standard InChI is InChI=1S/C17H24FN3O3/c1-11-5-7-13(21(11)16(23)24-17(2,3)4)14(22)10-20-15-8-6-12(18)9-19-15/h6,8-9,11,13H,5,7,10H2,1-4H3,(H,19,20)/t11-,13-/m0/s1. The third-order valence-corrected chi connectivity index (χ3v) is 3.82. The number of ether oxygens (including phenoxy) is 1. The summed E-state index contributed by atoms with van der Waals surface area (Å²) >= 11 is 0. The van der Waals surface area contributed by atoms with Crippen LogP contribution in [0.4, 0.5) is 15.0 Å². The van der Waals surface area contributed by atoms with Gasteiger partial charge in [-0.2, -0.15) is 0 Å². The maximum absolute atomic E-state index is 12.8. The van der Waals surface area contributed by atoms with E-state index in [2.05, 4.69) is 10.3 Å². The van der Waals surface area contributed by atoms with Crippen molar-refractivity contribution in [2.24, 2.45) is 0 Å². The van der Waals surface area contributed by atoms with E-state index in [1.165, 1.54) is 17.0 Å². The number of amides is 1. The summed E-state index contributed by atoms with van der Waals surface area (Å²) in [6.07, 6.45) is 1.98. The Morgan fingerprint density at radius 1 is 1.38 bits per heavy atom. The van der Waals surface area contributed by atoms with Gasteiger partial charge in [0.2, 0.25) is 0 Å². The predicted molar refractivity (Wildman–Crippen MR) is 88.2 cm³/mol. The van der Waals surface area contributed by atoms with Crippen LogP contribution in [0.15, 0.2) is 18.3 Å². The third kappa shape index (κ3) is 4.66. The fourth-order valence-corrected chi connectivity index (χ4v) is 2.70. The zero-order valence-electron chi connectivity index (χ0n) is 14.5. The molecule has 0 saturated carbocycles. The zero-order chi connectivity index (χ0) is 17.9. The molecule has 2 heterocycles. The molecule has 1 aromatic rings. The highest BCUT2D eigenvalue weighted by molar-refractivity contribution is 5.91. The van der Waals surface area contributed by atoms with Crippen molar-refractivity contribution in [3.05, 3.63) is 24.1 Å². The summed E-state index contributed by atoms with van der Waals surface area (Å²) < 4.78 is 18.2. The number of carbonyl (C=O) groups excluding carboxylic acids is 2. The SMILES string of the molecule is C[C@H]1CC[C@@H](C(=O)CNc2ccc(F)cn2)N1C(=O)OC(C)(C)C. The lowest BCUT2D eigenvalue weighted by molar-refractivity contribution is -0.122. The Bertz CT molecular complexity index is 598. The van der Waals surface area contributed by atoms with Crippen LogP contribution >= 0.6 is 0 Å². The van der Waals surface area contributed by atoms with E-state index in [9.17, 15) is 14.0 Å². The van der Waals surface area contributed by atoms with Gasteiger partial charge in [0.15, 0.2) is 5.78 Å². The monoisotopic (exact) mass is 337 g/mol. The molecule has 7 heteroatoms. The number of hydrogen-bond donors (Lipinski definition) is 1. The average Bonchev–Trinajstić information content (AvgIpc) is 2.86. The van der Waals surface area contributed by atoms with Crippen LogP contribution in [-0.2, 0) is 9.53 Å². The van der Waals surface area contributed by atoms with Gasteiger partial charge in [-0.3, -0.25) is 9.69 Å². The number of pyridine rings is 1. The third-order valence-electron chi connectivity index (χ3n) is 3.82. The maximum Gasteiger partial charge on any atom is 0.411 e. The van der Waals surface area contributed by atoms with Crippen LogP contribution in [0.1, 0.15) is 40.5 Å². The first-order valence-electron chi connectivity index (χ1n) is 8.07. The largest absolute Gasteiger partial charge is 0.444 e. The van der Waals surface area contributed by atoms with E-state index in [0.717, 1.165) is 12.6 Å². The van der Waals surface area contributed by atoms with Gasteiger partial charge in [0.1, 0.15) is 17.2 Å². The number of likely N-dealkylation sites (tertiary alicyclic amines) is 1. The molecule has 0 bridgehead atoms. The van der Waals surface area contributed by atoms with Gasteiger partial charge < -0.3 is 10.1 Å². The number of ketones is 1. The van der Waals surface area contributed by atoms with Gasteiger partial charge in [-0.25, -0.2) is 14.2 Å². The average molecular weight is 337 g/mol. The van der Waals surface area contributed by atoms with Crippen molar-refractivity contribution in [2.75, 3.05) is 11.9 Å². The first-order chi connectivity index (χ1) is 11.2. The van der Waals surface area contributed by atoms with Gasteiger partial charge in [0, 0.05) is 6.04 Å². The molecule has 6 nitrogen and oxygen atoms in total. The van der Waals surface area contributed by atoms with E-state index in [-0.39, 0.29) is 18.4 Å². The summed E-state index contributed by atoms with van der Waals surface area (Å²) in [5, 5.41) is 2.86. The Kier molecular flexibility index (Phi) is 5.41. The van der Waals surface area contributed by atoms with Crippen LogP contribution in [0, 0.1) is 5.82 Å². The van der Waals surface area contributed by atoms with Gasteiger partial charge in [0.25, 0.3) is 0 Å². The molecule has 1 saturated heterocycles. The molecule has 0 aromatic carbocycles. The number of rotatable bonds is 4. The Labute approximate surface area is 141 Å². The number of aromatic nitrogens is 1. The number of Topliss-reactive ketones (excluding diaryl/α,β-unsaturated/α-hetero) is 1. The summed E-state index contributed by atoms with van der Waals surface area (Å²) in [4.78, 5) is 30.2. The van der Waals surface area contributed by atoms with Crippen molar-refractivity contribution in [3.8, 4) is 0 Å². The highest BCUT2D eigenvalue weighted by Gasteiger charge is 2.40. The van der Waals surface area contributed by atoms with E-state index in [1.807, 2.05) is 6.92 Å². The minimum atomic E-state index is -0.608. The van der Waals surface area contributed by atoms with Crippen molar-refractivity contribution in [1.82, 2.24) is 9.88 Å². The number of hydrogen-bond acceptors (Lipinski definition) is 5. The molecule has 1 N–H and O–H groups in total. The molecule has 1 fully saturated rings. The van der Waals surface area contributed by atoms with E-state index in [4.69, 9.17) is 4.74 Å². The summed E-state index contributed by atoms with van der Waals surface area (Å²) in [6, 6.07) is 2.18. The first-order valence-corrected chi connectivity index (χ1v) is 8.07. The zero-order valence-corrected chi connectivity index (χ0v) is 14.5. The fraction of sp³-hybridized carbons (Fsp3) is 0.588. The lowest BCUT2D eigenvalue weighted by Crippen LogP contribution is -2.47. The number of anilines is 1. The summed E-state index contributed by atoms with van der Waals surface area (Å²) in [6.45, 7) is 7.32. The molecular weight excluding hydrogens is 313 g/mol. The number of carbonyl (C=O) groups is 2. The Hall–Kier alpha value is -2.18. The van der Waals surface area contributed by atoms with Crippen molar-refractivity contribution in [2.45, 2.75) is 58.2 Å². The summed E-state index contributed by atoms with van der Waals surface area (Å²) in [5.74, 6) is -0.136. The molecule has 2 atom stereocenters. The lowest BCUT2D eigenvalue weighted by Gasteiger charge is -2.30. The van der Waals surface area contributed by atoms with Crippen LogP contribution in [0.25, 0.3) is 0 Å². The van der Waals surface area contributed by atoms with Crippen LogP contribution in [0.3, 0.4) is 0 Å². The number of halogens is 1. The van der Waals surface area contributed by atoms with Crippen LogP contribution in [0.5, 0.6) is 0 Å². The van der Waals surface area contributed by atoms with Crippen molar-refractivity contribution in [3.63, 3.8) is 0 Å². The highest BCUT2D eigenvalue weighted by atomic mass is 19.1. The quantitative estimate of drug-likeness (QED) is 0.914. The normalized spacial score (nSPS) is 20.8. The molecule has 1 aromatic heterocycles. The molecule has 1 aliphatic heterocycles. The predicted octanol–water partition coefficient (Wildman–Crippen LogP) is 2.99. The Morgan fingerprint density at radius 3 is 2.67 bits per heavy atom. The van der Waals surface area contributed by atoms with Crippen LogP contribution < -0.4 is 5.32 Å². The van der Waals surface area contributed by atoms with E-state index < -0.39 is 23.6 Å². The van der Waals surface area contributed by atoms with Gasteiger partial charge >= 0.3 is 6.09 Å². The molecule has 0 unspecified atom stereocenters. The van der Waals surface area contributed by atoms with Crippen LogP contribution in [0.2, 0.25) is 0 Å². The smallest absolute Gasteiger partial charge is 0.411 e. The van der Waals surface area contributed by atoms with E-state index in [1.54, 1.807) is 20.8 Å². The molecule has 24 heavy (non-hydrogen) atoms. The molecular formula is C17H24FN3O3. The lowest BCUT2D eigenvalue weighted by atomic mass is 10.1. The molecule has 0 radical (unpaired) electrons. The van der Waals surface area contributed by atoms with E-state index in [0.29, 0.717) is 12.2 Å². The maximum atomic E-state index is 12.8. The first kappa shape index (κ1) is 18.2. The topological polar surface area (TPSA) is 71.5 Å². The molecule has 0 spiro atoms. The summed E-state index contributed by atoms with van der Waals surface area (Å²) in [7, 11) is 0. The minimum absolute atomic E-state index is 0.0231. The second-order valence-electron chi connectivity index (χ2n) is 7.01. The van der Waals surface area contributed by atoms with Gasteiger partial charge in [-0.05, 0) is 52.7 Å². The fourth-order valence-electron chi connectivity index (χ4n) is 2.70. The van der Waals surface area contributed by atoms with Crippen molar-refractivity contribution < 1.29 is 18.7 Å². The van der Waals surface area contributed by atoms with E-state index >= 15 is 0 Å². The van der Waals surface area contributed by atoms with Gasteiger partial charge in [0.05, 0.1) is 18.8 Å². The van der Waals surface area contributed by atoms with Gasteiger partial charge in [-0.1, -0.05) is 0 Å². The molecule has 132 valence electrons.